The number of hydrogen-bond donors (Lipinski definition) is 3. The molecule has 1 aromatic heterocycles. The largest absolute Gasteiger partial charge is 0.317 e. The van der Waals surface area contributed by atoms with Crippen LogP contribution in [0.15, 0.2) is 10.2 Å². The predicted molar refractivity (Wildman–Crippen MR) is 66.9 cm³/mol. The van der Waals surface area contributed by atoms with Crippen molar-refractivity contribution in [2.75, 3.05) is 19.6 Å². The van der Waals surface area contributed by atoms with E-state index >= 15 is 0 Å². The minimum absolute atomic E-state index is 0.0372. The van der Waals surface area contributed by atoms with E-state index in [0.29, 0.717) is 0 Å². The monoisotopic (exact) mass is 241 g/mol. The Labute approximate surface area is 99.5 Å². The summed E-state index contributed by atoms with van der Waals surface area (Å²) in [6.07, 6.45) is 3.85. The summed E-state index contributed by atoms with van der Waals surface area (Å²) < 4.78 is 0. The molecule has 3 N–H and O–H groups in total. The van der Waals surface area contributed by atoms with Crippen LogP contribution in [0.2, 0.25) is 0 Å². The highest BCUT2D eigenvalue weighted by Crippen LogP contribution is 2.14. The fourth-order valence-electron chi connectivity index (χ4n) is 2.10. The van der Waals surface area contributed by atoms with E-state index in [1.165, 1.54) is 43.7 Å². The fourth-order valence-corrected chi connectivity index (χ4v) is 2.68. The normalized spacial score (nSPS) is 17.8. The van der Waals surface area contributed by atoms with Gasteiger partial charge in [0, 0.05) is 17.6 Å². The van der Waals surface area contributed by atoms with Gasteiger partial charge in [-0.2, -0.15) is 0 Å². The van der Waals surface area contributed by atoms with Crippen molar-refractivity contribution in [2.45, 2.75) is 25.8 Å². The molecule has 0 radical (unpaired) electrons. The Morgan fingerprint density at radius 3 is 2.94 bits per heavy atom. The van der Waals surface area contributed by atoms with Crippen molar-refractivity contribution in [3.63, 3.8) is 0 Å². The summed E-state index contributed by atoms with van der Waals surface area (Å²) in [6.45, 7) is 4.16. The second-order valence-electron chi connectivity index (χ2n) is 4.33. The predicted octanol–water partition coefficient (Wildman–Crippen LogP) is 0.916. The average Bonchev–Trinajstić information content (AvgIpc) is 2.72. The molecule has 0 atom stereocenters. The molecule has 0 aromatic carbocycles. The number of piperidine rings is 1. The van der Waals surface area contributed by atoms with Crippen LogP contribution in [-0.4, -0.2) is 24.6 Å². The molecule has 90 valence electrons. The molecule has 0 bridgehead atoms. The standard InChI is InChI=1S/C11H19N3OS/c15-11-14-10(8-16-11)7-13-6-3-9-1-4-12-5-2-9/h8-9,12-13H,1-7H2,(H,14,15). The van der Waals surface area contributed by atoms with Gasteiger partial charge in [0.2, 0.25) is 0 Å². The molecule has 2 rings (SSSR count). The molecule has 16 heavy (non-hydrogen) atoms. The summed E-state index contributed by atoms with van der Waals surface area (Å²) in [5, 5.41) is 8.64. The molecule has 0 amide bonds. The SMILES string of the molecule is O=c1[nH]c(CNCCC2CCNCC2)cs1. The van der Waals surface area contributed by atoms with Crippen LogP contribution >= 0.6 is 11.3 Å². The lowest BCUT2D eigenvalue weighted by molar-refractivity contribution is 0.348. The summed E-state index contributed by atoms with van der Waals surface area (Å²) >= 11 is 1.23. The van der Waals surface area contributed by atoms with Gasteiger partial charge in [-0.1, -0.05) is 11.3 Å². The molecule has 1 aliphatic heterocycles. The van der Waals surface area contributed by atoms with Crippen LogP contribution < -0.4 is 15.5 Å². The van der Waals surface area contributed by atoms with E-state index in [9.17, 15) is 4.79 Å². The molecule has 1 saturated heterocycles. The third-order valence-electron chi connectivity index (χ3n) is 3.07. The van der Waals surface area contributed by atoms with E-state index in [2.05, 4.69) is 15.6 Å². The number of aromatic amines is 1. The first-order valence-electron chi connectivity index (χ1n) is 5.93. The van der Waals surface area contributed by atoms with Gasteiger partial charge in [0.25, 0.3) is 0 Å². The average molecular weight is 241 g/mol. The van der Waals surface area contributed by atoms with Crippen LogP contribution in [0.4, 0.5) is 0 Å². The Morgan fingerprint density at radius 1 is 1.44 bits per heavy atom. The van der Waals surface area contributed by atoms with E-state index in [-0.39, 0.29) is 4.87 Å². The van der Waals surface area contributed by atoms with Crippen molar-refractivity contribution in [1.82, 2.24) is 15.6 Å². The Kier molecular flexibility index (Phi) is 4.56. The van der Waals surface area contributed by atoms with Gasteiger partial charge in [-0.15, -0.1) is 0 Å². The number of nitrogens with one attached hydrogen (secondary N) is 3. The summed E-state index contributed by atoms with van der Waals surface area (Å²) in [5.41, 5.74) is 1.00. The van der Waals surface area contributed by atoms with E-state index in [0.717, 1.165) is 24.7 Å². The number of hydrogen-bond acceptors (Lipinski definition) is 4. The van der Waals surface area contributed by atoms with E-state index in [1.54, 1.807) is 0 Å². The van der Waals surface area contributed by atoms with Crippen molar-refractivity contribution in [3.05, 3.63) is 20.7 Å². The summed E-state index contributed by atoms with van der Waals surface area (Å²) in [6, 6.07) is 0. The second kappa shape index (κ2) is 6.18. The first-order valence-corrected chi connectivity index (χ1v) is 6.80. The molecule has 2 heterocycles. The van der Waals surface area contributed by atoms with E-state index in [1.807, 2.05) is 5.38 Å². The van der Waals surface area contributed by atoms with Gasteiger partial charge < -0.3 is 15.6 Å². The molecule has 0 saturated carbocycles. The quantitative estimate of drug-likeness (QED) is 0.672. The number of H-pyrrole nitrogens is 1. The highest BCUT2D eigenvalue weighted by atomic mass is 32.1. The Bertz CT molecular complexity index is 354. The van der Waals surface area contributed by atoms with Gasteiger partial charge in [-0.25, -0.2) is 0 Å². The molecule has 1 aliphatic rings. The topological polar surface area (TPSA) is 56.9 Å². The lowest BCUT2D eigenvalue weighted by Crippen LogP contribution is -2.29. The molecule has 0 aliphatic carbocycles. The first-order chi connectivity index (χ1) is 7.84. The fraction of sp³-hybridized carbons (Fsp3) is 0.727. The molecule has 5 heteroatoms. The van der Waals surface area contributed by atoms with Gasteiger partial charge in [0.05, 0.1) is 0 Å². The van der Waals surface area contributed by atoms with Crippen LogP contribution in [0.3, 0.4) is 0 Å². The Balaban J connectivity index is 1.59. The van der Waals surface area contributed by atoms with Gasteiger partial charge in [0.1, 0.15) is 0 Å². The van der Waals surface area contributed by atoms with Crippen LogP contribution in [0.1, 0.15) is 25.0 Å². The zero-order valence-corrected chi connectivity index (χ0v) is 10.2. The van der Waals surface area contributed by atoms with Gasteiger partial charge >= 0.3 is 4.87 Å². The van der Waals surface area contributed by atoms with Crippen LogP contribution in [0.5, 0.6) is 0 Å². The van der Waals surface area contributed by atoms with Crippen molar-refractivity contribution < 1.29 is 0 Å². The first kappa shape index (κ1) is 11.8. The minimum Gasteiger partial charge on any atom is -0.317 e. The van der Waals surface area contributed by atoms with Gasteiger partial charge in [-0.05, 0) is 44.8 Å². The van der Waals surface area contributed by atoms with Crippen LogP contribution in [0, 0.1) is 5.92 Å². The highest BCUT2D eigenvalue weighted by Gasteiger charge is 2.11. The van der Waals surface area contributed by atoms with Crippen molar-refractivity contribution >= 4 is 11.3 Å². The molecule has 1 aromatic rings. The lowest BCUT2D eigenvalue weighted by Gasteiger charge is -2.22. The summed E-state index contributed by atoms with van der Waals surface area (Å²) in [7, 11) is 0. The smallest absolute Gasteiger partial charge is 0.304 e. The molecule has 4 nitrogen and oxygen atoms in total. The van der Waals surface area contributed by atoms with Crippen LogP contribution in [-0.2, 0) is 6.54 Å². The maximum absolute atomic E-state index is 10.9. The third kappa shape index (κ3) is 3.73. The van der Waals surface area contributed by atoms with Crippen molar-refractivity contribution in [1.29, 1.82) is 0 Å². The van der Waals surface area contributed by atoms with Gasteiger partial charge in [0.15, 0.2) is 0 Å². The van der Waals surface area contributed by atoms with Gasteiger partial charge in [-0.3, -0.25) is 4.79 Å². The van der Waals surface area contributed by atoms with E-state index < -0.39 is 0 Å². The summed E-state index contributed by atoms with van der Waals surface area (Å²) in [5.74, 6) is 0.871. The number of aromatic nitrogens is 1. The van der Waals surface area contributed by atoms with Crippen molar-refractivity contribution in [2.24, 2.45) is 5.92 Å². The minimum atomic E-state index is 0.0372. The second-order valence-corrected chi connectivity index (χ2v) is 5.17. The Morgan fingerprint density at radius 2 is 2.25 bits per heavy atom. The zero-order valence-electron chi connectivity index (χ0n) is 9.42. The van der Waals surface area contributed by atoms with Crippen molar-refractivity contribution in [3.8, 4) is 0 Å². The number of thiazole rings is 1. The zero-order chi connectivity index (χ0) is 11.2. The molecule has 1 fully saturated rings. The maximum Gasteiger partial charge on any atom is 0.304 e. The van der Waals surface area contributed by atoms with E-state index in [4.69, 9.17) is 0 Å². The third-order valence-corrected chi connectivity index (χ3v) is 3.79. The molecule has 0 spiro atoms. The Hall–Kier alpha value is -0.650. The van der Waals surface area contributed by atoms with Crippen LogP contribution in [0.25, 0.3) is 0 Å². The maximum atomic E-state index is 10.9. The lowest BCUT2D eigenvalue weighted by atomic mass is 9.95. The molecule has 0 unspecified atom stereocenters. The molecular weight excluding hydrogens is 222 g/mol. The molecular formula is C11H19N3OS. The highest BCUT2D eigenvalue weighted by molar-refractivity contribution is 7.07. The number of rotatable bonds is 5. The summed E-state index contributed by atoms with van der Waals surface area (Å²) in [4.78, 5) is 13.7.